The van der Waals surface area contributed by atoms with Gasteiger partial charge in [0, 0.05) is 0 Å². The molecule has 0 saturated heterocycles. The Morgan fingerprint density at radius 1 is 1.31 bits per heavy atom. The zero-order valence-electron chi connectivity index (χ0n) is 8.94. The quantitative estimate of drug-likeness (QED) is 0.741. The van der Waals surface area contributed by atoms with E-state index in [-0.39, 0.29) is 5.75 Å². The highest BCUT2D eigenvalue weighted by molar-refractivity contribution is 14.1. The first-order chi connectivity index (χ1) is 7.29. The summed E-state index contributed by atoms with van der Waals surface area (Å²) in [6.07, 6.45) is -4.29. The minimum absolute atomic E-state index is 0.280. The molecule has 1 nitrogen and oxygen atoms in total. The summed E-state index contributed by atoms with van der Waals surface area (Å²) in [4.78, 5) is 0. The normalized spacial score (nSPS) is 11.9. The van der Waals surface area contributed by atoms with Gasteiger partial charge >= 0.3 is 6.18 Å². The van der Waals surface area contributed by atoms with Crippen molar-refractivity contribution in [1.29, 1.82) is 0 Å². The van der Waals surface area contributed by atoms with Crippen molar-refractivity contribution in [2.75, 3.05) is 6.61 Å². The van der Waals surface area contributed by atoms with Gasteiger partial charge in [0.2, 0.25) is 0 Å². The Hall–Kier alpha value is -0.460. The van der Waals surface area contributed by atoms with E-state index in [0.717, 1.165) is 5.56 Å². The third kappa shape index (κ3) is 4.19. The highest BCUT2D eigenvalue weighted by Crippen LogP contribution is 2.27. The lowest BCUT2D eigenvalue weighted by Crippen LogP contribution is -2.19. The van der Waals surface area contributed by atoms with E-state index in [1.54, 1.807) is 12.1 Å². The van der Waals surface area contributed by atoms with Gasteiger partial charge < -0.3 is 4.74 Å². The van der Waals surface area contributed by atoms with E-state index in [1.807, 2.05) is 42.5 Å². The van der Waals surface area contributed by atoms with Crippen molar-refractivity contribution in [2.45, 2.75) is 25.9 Å². The number of hydrogen-bond acceptors (Lipinski definition) is 1. The van der Waals surface area contributed by atoms with Gasteiger partial charge in [-0.3, -0.25) is 0 Å². The highest BCUT2D eigenvalue weighted by atomic mass is 127. The van der Waals surface area contributed by atoms with Crippen LogP contribution in [0.2, 0.25) is 0 Å². The van der Waals surface area contributed by atoms with Crippen LogP contribution in [-0.4, -0.2) is 12.8 Å². The molecule has 0 unspecified atom stereocenters. The summed E-state index contributed by atoms with van der Waals surface area (Å²) in [5, 5.41) is 0. The Morgan fingerprint density at radius 2 is 1.94 bits per heavy atom. The van der Waals surface area contributed by atoms with Gasteiger partial charge in [0.1, 0.15) is 5.75 Å². The Morgan fingerprint density at radius 3 is 2.38 bits per heavy atom. The molecule has 0 atom stereocenters. The van der Waals surface area contributed by atoms with Crippen LogP contribution in [0.4, 0.5) is 13.2 Å². The van der Waals surface area contributed by atoms with Crippen LogP contribution in [0.1, 0.15) is 25.3 Å². The van der Waals surface area contributed by atoms with Crippen LogP contribution in [-0.2, 0) is 0 Å². The number of ether oxygens (including phenoxy) is 1. The van der Waals surface area contributed by atoms with Crippen LogP contribution >= 0.6 is 22.6 Å². The SMILES string of the molecule is CC(C)c1ccc(OCC(F)(F)F)c(I)c1. The average molecular weight is 344 g/mol. The molecule has 5 heteroatoms. The largest absolute Gasteiger partial charge is 0.483 e. The predicted molar refractivity (Wildman–Crippen MR) is 64.8 cm³/mol. The molecule has 0 aliphatic rings. The topological polar surface area (TPSA) is 9.23 Å². The Bertz CT molecular complexity index is 361. The summed E-state index contributed by atoms with van der Waals surface area (Å²) < 4.78 is 41.3. The fourth-order valence-electron chi connectivity index (χ4n) is 1.15. The Balaban J connectivity index is 2.76. The molecular weight excluding hydrogens is 332 g/mol. The van der Waals surface area contributed by atoms with Crippen molar-refractivity contribution in [3.8, 4) is 5.75 Å². The van der Waals surface area contributed by atoms with E-state index in [2.05, 4.69) is 0 Å². The van der Waals surface area contributed by atoms with Crippen LogP contribution in [0.3, 0.4) is 0 Å². The van der Waals surface area contributed by atoms with E-state index in [9.17, 15) is 13.2 Å². The molecule has 0 amide bonds. The van der Waals surface area contributed by atoms with Crippen LogP contribution in [0.15, 0.2) is 18.2 Å². The lowest BCUT2D eigenvalue weighted by molar-refractivity contribution is -0.153. The third-order valence-electron chi connectivity index (χ3n) is 2.01. The molecule has 16 heavy (non-hydrogen) atoms. The van der Waals surface area contributed by atoms with Gasteiger partial charge in [-0.2, -0.15) is 13.2 Å². The molecule has 1 rings (SSSR count). The van der Waals surface area contributed by atoms with Crippen molar-refractivity contribution in [1.82, 2.24) is 0 Å². The first kappa shape index (κ1) is 13.6. The zero-order valence-corrected chi connectivity index (χ0v) is 11.1. The maximum Gasteiger partial charge on any atom is 0.422 e. The molecule has 0 aromatic heterocycles. The molecule has 0 aliphatic carbocycles. The molecule has 0 bridgehead atoms. The van der Waals surface area contributed by atoms with E-state index in [0.29, 0.717) is 9.49 Å². The molecule has 0 heterocycles. The lowest BCUT2D eigenvalue weighted by Gasteiger charge is -2.12. The molecular formula is C11H12F3IO. The zero-order chi connectivity index (χ0) is 12.3. The second kappa shape index (κ2) is 5.25. The fourth-order valence-corrected chi connectivity index (χ4v) is 1.85. The summed E-state index contributed by atoms with van der Waals surface area (Å²) in [6, 6.07) is 5.22. The van der Waals surface area contributed by atoms with Crippen molar-refractivity contribution < 1.29 is 17.9 Å². The van der Waals surface area contributed by atoms with E-state index in [1.165, 1.54) is 0 Å². The van der Waals surface area contributed by atoms with Crippen molar-refractivity contribution in [3.63, 3.8) is 0 Å². The third-order valence-corrected chi connectivity index (χ3v) is 2.86. The van der Waals surface area contributed by atoms with Gasteiger partial charge in [-0.25, -0.2) is 0 Å². The van der Waals surface area contributed by atoms with E-state index in [4.69, 9.17) is 4.74 Å². The van der Waals surface area contributed by atoms with Crippen molar-refractivity contribution >= 4 is 22.6 Å². The number of benzene rings is 1. The maximum absolute atomic E-state index is 12.0. The van der Waals surface area contributed by atoms with Crippen LogP contribution in [0.5, 0.6) is 5.75 Å². The summed E-state index contributed by atoms with van der Waals surface area (Å²) in [7, 11) is 0. The molecule has 1 aromatic rings. The second-order valence-corrected chi connectivity index (χ2v) is 4.91. The minimum Gasteiger partial charge on any atom is -0.483 e. The van der Waals surface area contributed by atoms with Gasteiger partial charge in [0.05, 0.1) is 3.57 Å². The van der Waals surface area contributed by atoms with Crippen LogP contribution in [0.25, 0.3) is 0 Å². The van der Waals surface area contributed by atoms with Crippen molar-refractivity contribution in [3.05, 3.63) is 27.3 Å². The Kier molecular flexibility index (Phi) is 4.46. The molecule has 0 saturated carbocycles. The minimum atomic E-state index is -4.29. The summed E-state index contributed by atoms with van der Waals surface area (Å²) in [6.45, 7) is 2.81. The van der Waals surface area contributed by atoms with E-state index >= 15 is 0 Å². The van der Waals surface area contributed by atoms with Gasteiger partial charge in [-0.15, -0.1) is 0 Å². The number of hydrogen-bond donors (Lipinski definition) is 0. The van der Waals surface area contributed by atoms with Crippen LogP contribution < -0.4 is 4.74 Å². The van der Waals surface area contributed by atoms with Crippen LogP contribution in [0, 0.1) is 3.57 Å². The standard InChI is InChI=1S/C11H12F3IO/c1-7(2)8-3-4-10(9(15)5-8)16-6-11(12,13)14/h3-5,7H,6H2,1-2H3. The van der Waals surface area contributed by atoms with E-state index < -0.39 is 12.8 Å². The molecule has 90 valence electrons. The molecule has 0 N–H and O–H groups in total. The lowest BCUT2D eigenvalue weighted by atomic mass is 10.0. The molecule has 0 fully saturated rings. The summed E-state index contributed by atoms with van der Waals surface area (Å²) in [5.74, 6) is 0.632. The first-order valence-corrected chi connectivity index (χ1v) is 5.86. The van der Waals surface area contributed by atoms with Gasteiger partial charge in [0.15, 0.2) is 6.61 Å². The molecule has 0 spiro atoms. The van der Waals surface area contributed by atoms with Gasteiger partial charge in [-0.05, 0) is 46.2 Å². The summed E-state index contributed by atoms with van der Waals surface area (Å²) >= 11 is 1.98. The van der Waals surface area contributed by atoms with Gasteiger partial charge in [-0.1, -0.05) is 19.9 Å². The first-order valence-electron chi connectivity index (χ1n) is 4.78. The number of halogens is 4. The molecule has 0 aliphatic heterocycles. The predicted octanol–water partition coefficient (Wildman–Crippen LogP) is 4.36. The highest BCUT2D eigenvalue weighted by Gasteiger charge is 2.28. The van der Waals surface area contributed by atoms with Gasteiger partial charge in [0.25, 0.3) is 0 Å². The average Bonchev–Trinajstić information content (AvgIpc) is 2.14. The molecule has 1 aromatic carbocycles. The molecule has 0 radical (unpaired) electrons. The monoisotopic (exact) mass is 344 g/mol. The Labute approximate surface area is 106 Å². The number of alkyl halides is 3. The smallest absolute Gasteiger partial charge is 0.422 e. The second-order valence-electron chi connectivity index (χ2n) is 3.75. The summed E-state index contributed by atoms with van der Waals surface area (Å²) in [5.41, 5.74) is 1.09. The fraction of sp³-hybridized carbons (Fsp3) is 0.455. The maximum atomic E-state index is 12.0. The number of rotatable bonds is 3. The van der Waals surface area contributed by atoms with Crippen molar-refractivity contribution in [2.24, 2.45) is 0 Å².